The van der Waals surface area contributed by atoms with Gasteiger partial charge in [0.25, 0.3) is 0 Å². The minimum Gasteiger partial charge on any atom is -0.366 e. The Balaban J connectivity index is 1.89. The number of rotatable bonds is 3. The lowest BCUT2D eigenvalue weighted by Gasteiger charge is -2.10. The third kappa shape index (κ3) is 3.12. The van der Waals surface area contributed by atoms with Gasteiger partial charge >= 0.3 is 0 Å². The molecule has 0 saturated heterocycles. The van der Waals surface area contributed by atoms with Crippen LogP contribution in [-0.4, -0.2) is 4.98 Å². The minimum absolute atomic E-state index is 0.637. The summed E-state index contributed by atoms with van der Waals surface area (Å²) in [6.07, 6.45) is 0. The number of pyridine rings is 1. The molecule has 1 N–H and O–H groups in total. The number of anilines is 1. The Labute approximate surface area is 133 Å². The van der Waals surface area contributed by atoms with E-state index in [1.165, 1.54) is 5.56 Å². The zero-order chi connectivity index (χ0) is 14.8. The van der Waals surface area contributed by atoms with Crippen LogP contribution in [0.4, 0.5) is 5.82 Å². The largest absolute Gasteiger partial charge is 0.366 e. The number of aryl methyl sites for hydroxylation is 1. The van der Waals surface area contributed by atoms with E-state index in [2.05, 4.69) is 17.2 Å². The number of fused-ring (bicyclic) bond motifs is 1. The number of nitrogens with zero attached hydrogens (tertiary/aromatic N) is 1. The summed E-state index contributed by atoms with van der Waals surface area (Å²) < 4.78 is 0. The van der Waals surface area contributed by atoms with Crippen molar-refractivity contribution in [3.05, 3.63) is 69.7 Å². The first kappa shape index (κ1) is 14.2. The number of halogens is 2. The summed E-state index contributed by atoms with van der Waals surface area (Å²) in [6.45, 7) is 2.71. The Kier molecular flexibility index (Phi) is 4.00. The van der Waals surface area contributed by atoms with Gasteiger partial charge in [0.2, 0.25) is 0 Å². The SMILES string of the molecule is Cc1cc(NCc2ccccc2Cl)nc2cc(Cl)ccc12. The quantitative estimate of drug-likeness (QED) is 0.693. The van der Waals surface area contributed by atoms with Crippen LogP contribution in [0.25, 0.3) is 10.9 Å². The van der Waals surface area contributed by atoms with E-state index in [-0.39, 0.29) is 0 Å². The van der Waals surface area contributed by atoms with E-state index >= 15 is 0 Å². The second kappa shape index (κ2) is 5.92. The van der Waals surface area contributed by atoms with Gasteiger partial charge < -0.3 is 5.32 Å². The van der Waals surface area contributed by atoms with E-state index in [4.69, 9.17) is 23.2 Å². The fourth-order valence-electron chi connectivity index (χ4n) is 2.29. The second-order valence-corrected chi connectivity index (χ2v) is 5.77. The van der Waals surface area contributed by atoms with Crippen molar-refractivity contribution in [2.45, 2.75) is 13.5 Å². The monoisotopic (exact) mass is 316 g/mol. The lowest BCUT2D eigenvalue weighted by molar-refractivity contribution is 1.12. The fourth-order valence-corrected chi connectivity index (χ4v) is 2.66. The Hall–Kier alpha value is -1.77. The van der Waals surface area contributed by atoms with Crippen LogP contribution in [0.5, 0.6) is 0 Å². The molecule has 106 valence electrons. The molecule has 0 aliphatic rings. The smallest absolute Gasteiger partial charge is 0.127 e. The molecule has 0 radical (unpaired) electrons. The standard InChI is InChI=1S/C17H14Cl2N2/c1-11-8-17(20-10-12-4-2-3-5-15(12)19)21-16-9-13(18)6-7-14(11)16/h2-9H,10H2,1H3,(H,20,21). The number of hydrogen-bond acceptors (Lipinski definition) is 2. The van der Waals surface area contributed by atoms with Gasteiger partial charge in [-0.25, -0.2) is 4.98 Å². The molecule has 0 atom stereocenters. The Morgan fingerprint density at radius 1 is 1.05 bits per heavy atom. The molecule has 2 aromatic carbocycles. The van der Waals surface area contributed by atoms with Gasteiger partial charge in [-0.3, -0.25) is 0 Å². The molecule has 0 saturated carbocycles. The van der Waals surface area contributed by atoms with E-state index in [1.54, 1.807) is 0 Å². The Morgan fingerprint density at radius 2 is 1.86 bits per heavy atom. The molecule has 0 bridgehead atoms. The summed E-state index contributed by atoms with van der Waals surface area (Å²) in [5.74, 6) is 0.821. The van der Waals surface area contributed by atoms with Crippen LogP contribution in [0.3, 0.4) is 0 Å². The molecule has 2 nitrogen and oxygen atoms in total. The van der Waals surface area contributed by atoms with Gasteiger partial charge in [-0.15, -0.1) is 0 Å². The molecule has 0 aliphatic heterocycles. The van der Waals surface area contributed by atoms with Gasteiger partial charge in [-0.2, -0.15) is 0 Å². The average Bonchev–Trinajstić information content (AvgIpc) is 2.46. The van der Waals surface area contributed by atoms with Gasteiger partial charge in [0.05, 0.1) is 5.52 Å². The van der Waals surface area contributed by atoms with Gasteiger partial charge in [0, 0.05) is 22.0 Å². The molecule has 3 rings (SSSR count). The summed E-state index contributed by atoms with van der Waals surface area (Å²) in [5.41, 5.74) is 3.10. The molecule has 0 aliphatic carbocycles. The minimum atomic E-state index is 0.637. The number of hydrogen-bond donors (Lipinski definition) is 1. The lowest BCUT2D eigenvalue weighted by atomic mass is 10.1. The van der Waals surface area contributed by atoms with Crippen molar-refractivity contribution in [1.82, 2.24) is 4.98 Å². The van der Waals surface area contributed by atoms with Crippen LogP contribution in [0, 0.1) is 6.92 Å². The number of aromatic nitrogens is 1. The fraction of sp³-hybridized carbons (Fsp3) is 0.118. The molecule has 0 amide bonds. The predicted octanol–water partition coefficient (Wildman–Crippen LogP) is 5.46. The molecule has 21 heavy (non-hydrogen) atoms. The van der Waals surface area contributed by atoms with E-state index < -0.39 is 0 Å². The lowest BCUT2D eigenvalue weighted by Crippen LogP contribution is -2.02. The summed E-state index contributed by atoms with van der Waals surface area (Å²) in [5, 5.41) is 5.88. The van der Waals surface area contributed by atoms with Crippen molar-refractivity contribution in [3.8, 4) is 0 Å². The van der Waals surface area contributed by atoms with Crippen LogP contribution in [-0.2, 0) is 6.54 Å². The Morgan fingerprint density at radius 3 is 2.67 bits per heavy atom. The maximum Gasteiger partial charge on any atom is 0.127 e. The van der Waals surface area contributed by atoms with Crippen molar-refractivity contribution >= 4 is 39.9 Å². The molecule has 4 heteroatoms. The summed E-state index contributed by atoms with van der Waals surface area (Å²) >= 11 is 12.2. The van der Waals surface area contributed by atoms with E-state index in [0.29, 0.717) is 11.6 Å². The molecule has 3 aromatic rings. The first-order valence-electron chi connectivity index (χ1n) is 6.68. The van der Waals surface area contributed by atoms with Crippen molar-refractivity contribution in [2.75, 3.05) is 5.32 Å². The number of benzene rings is 2. The topological polar surface area (TPSA) is 24.9 Å². The maximum atomic E-state index is 6.16. The molecule has 1 heterocycles. The molecular weight excluding hydrogens is 303 g/mol. The zero-order valence-corrected chi connectivity index (χ0v) is 13.0. The van der Waals surface area contributed by atoms with Crippen LogP contribution in [0.2, 0.25) is 10.0 Å². The summed E-state index contributed by atoms with van der Waals surface area (Å²) in [6, 6.07) is 15.6. The third-order valence-electron chi connectivity index (χ3n) is 3.40. The first-order chi connectivity index (χ1) is 10.1. The van der Waals surface area contributed by atoms with Gasteiger partial charge in [0.1, 0.15) is 5.82 Å². The molecule has 0 spiro atoms. The van der Waals surface area contributed by atoms with E-state index in [9.17, 15) is 0 Å². The first-order valence-corrected chi connectivity index (χ1v) is 7.43. The maximum absolute atomic E-state index is 6.16. The summed E-state index contributed by atoms with van der Waals surface area (Å²) in [7, 11) is 0. The number of nitrogens with one attached hydrogen (secondary N) is 1. The second-order valence-electron chi connectivity index (χ2n) is 4.93. The van der Waals surface area contributed by atoms with Crippen molar-refractivity contribution in [3.63, 3.8) is 0 Å². The summed E-state index contributed by atoms with van der Waals surface area (Å²) in [4.78, 5) is 4.60. The zero-order valence-electron chi connectivity index (χ0n) is 11.5. The van der Waals surface area contributed by atoms with E-state index in [1.807, 2.05) is 48.5 Å². The van der Waals surface area contributed by atoms with Crippen molar-refractivity contribution in [1.29, 1.82) is 0 Å². The highest BCUT2D eigenvalue weighted by Gasteiger charge is 2.04. The van der Waals surface area contributed by atoms with Gasteiger partial charge in [-0.05, 0) is 42.3 Å². The molecule has 1 aromatic heterocycles. The van der Waals surface area contributed by atoms with Crippen LogP contribution >= 0.6 is 23.2 Å². The van der Waals surface area contributed by atoms with Crippen LogP contribution < -0.4 is 5.32 Å². The highest BCUT2D eigenvalue weighted by molar-refractivity contribution is 6.31. The van der Waals surface area contributed by atoms with Crippen LogP contribution in [0.1, 0.15) is 11.1 Å². The highest BCUT2D eigenvalue weighted by Crippen LogP contribution is 2.24. The molecular formula is C17H14Cl2N2. The molecule has 0 fully saturated rings. The van der Waals surface area contributed by atoms with Crippen LogP contribution in [0.15, 0.2) is 48.5 Å². The van der Waals surface area contributed by atoms with Gasteiger partial charge in [-0.1, -0.05) is 47.5 Å². The highest BCUT2D eigenvalue weighted by atomic mass is 35.5. The normalized spacial score (nSPS) is 10.8. The Bertz CT molecular complexity index is 800. The van der Waals surface area contributed by atoms with Crippen molar-refractivity contribution in [2.24, 2.45) is 0 Å². The van der Waals surface area contributed by atoms with E-state index in [0.717, 1.165) is 27.3 Å². The van der Waals surface area contributed by atoms with Crippen molar-refractivity contribution < 1.29 is 0 Å². The third-order valence-corrected chi connectivity index (χ3v) is 4.00. The predicted molar refractivity (Wildman–Crippen MR) is 90.3 cm³/mol. The average molecular weight is 317 g/mol. The van der Waals surface area contributed by atoms with Gasteiger partial charge in [0.15, 0.2) is 0 Å². The molecule has 0 unspecified atom stereocenters.